The van der Waals surface area contributed by atoms with Crippen LogP contribution < -0.4 is 17.0 Å². The molecule has 1 aliphatic heterocycles. The molecule has 10 heteroatoms. The van der Waals surface area contributed by atoms with Crippen LogP contribution in [0.4, 0.5) is 0 Å². The molecule has 4 N–H and O–H groups in total. The van der Waals surface area contributed by atoms with E-state index in [-0.39, 0.29) is 30.4 Å². The highest BCUT2D eigenvalue weighted by atomic mass is 35.5. The summed E-state index contributed by atoms with van der Waals surface area (Å²) in [5.41, 5.74) is 5.02. The summed E-state index contributed by atoms with van der Waals surface area (Å²) in [6.07, 6.45) is 1.30. The third kappa shape index (κ3) is 4.53. The van der Waals surface area contributed by atoms with Gasteiger partial charge in [0.1, 0.15) is 6.23 Å². The minimum Gasteiger partial charge on any atom is -0.394 e. The Morgan fingerprint density at radius 1 is 1.55 bits per heavy atom. The van der Waals surface area contributed by atoms with Gasteiger partial charge in [0.05, 0.1) is 12.7 Å². The van der Waals surface area contributed by atoms with Gasteiger partial charge in [-0.15, -0.1) is 12.4 Å². The van der Waals surface area contributed by atoms with E-state index in [9.17, 15) is 14.7 Å². The van der Waals surface area contributed by atoms with Gasteiger partial charge in [-0.1, -0.05) is 21.6 Å². The second-order valence-corrected chi connectivity index (χ2v) is 7.50. The summed E-state index contributed by atoms with van der Waals surface area (Å²) in [4.78, 5) is 25.5. The molecule has 0 saturated carbocycles. The highest BCUT2D eigenvalue weighted by molar-refractivity contribution is 8.77. The largest absolute Gasteiger partial charge is 0.394 e. The molecule has 2 heterocycles. The number of hydrogen-bond donors (Lipinski definition) is 3. The smallest absolute Gasteiger partial charge is 0.330 e. The average Bonchev–Trinajstić information content (AvgIpc) is 2.86. The van der Waals surface area contributed by atoms with E-state index >= 15 is 0 Å². The first-order valence-electron chi connectivity index (χ1n) is 6.63. The predicted octanol–water partition coefficient (Wildman–Crippen LogP) is 0.255. The van der Waals surface area contributed by atoms with Gasteiger partial charge in [-0.3, -0.25) is 14.3 Å². The summed E-state index contributed by atoms with van der Waals surface area (Å²) in [5.74, 6) is 0.821. The van der Waals surface area contributed by atoms with Crippen LogP contribution >= 0.6 is 34.0 Å². The first-order valence-corrected chi connectivity index (χ1v) is 9.01. The quantitative estimate of drug-likeness (QED) is 0.487. The number of H-pyrrole nitrogens is 1. The fraction of sp³-hybridized carbons (Fsp3) is 0.667. The molecule has 0 spiro atoms. The second-order valence-electron chi connectivity index (χ2n) is 4.77. The maximum absolute atomic E-state index is 11.9. The van der Waals surface area contributed by atoms with Gasteiger partial charge in [-0.05, 0) is 6.92 Å². The Morgan fingerprint density at radius 3 is 2.91 bits per heavy atom. The molecule has 0 radical (unpaired) electrons. The van der Waals surface area contributed by atoms with Crippen LogP contribution in [-0.2, 0) is 4.74 Å². The molecule has 0 aromatic carbocycles. The van der Waals surface area contributed by atoms with Gasteiger partial charge in [-0.25, -0.2) is 4.79 Å². The topological polar surface area (TPSA) is 110 Å². The lowest BCUT2D eigenvalue weighted by Crippen LogP contribution is -2.33. The molecule has 126 valence electrons. The van der Waals surface area contributed by atoms with Crippen LogP contribution in [0.1, 0.15) is 18.2 Å². The minimum absolute atomic E-state index is 0. The number of aliphatic hydroxyl groups excluding tert-OH is 1. The lowest BCUT2D eigenvalue weighted by atomic mass is 10.2. The summed E-state index contributed by atoms with van der Waals surface area (Å²) in [7, 11) is 3.25. The third-order valence-electron chi connectivity index (χ3n) is 3.21. The summed E-state index contributed by atoms with van der Waals surface area (Å²) >= 11 is 0. The van der Waals surface area contributed by atoms with Crippen LogP contribution in [0.25, 0.3) is 0 Å². The van der Waals surface area contributed by atoms with Crippen molar-refractivity contribution in [1.82, 2.24) is 9.55 Å². The second kappa shape index (κ2) is 8.99. The maximum atomic E-state index is 11.9. The number of aryl methyl sites for hydroxylation is 1. The number of aliphatic hydroxyl groups is 1. The van der Waals surface area contributed by atoms with E-state index in [1.54, 1.807) is 28.5 Å². The summed E-state index contributed by atoms with van der Waals surface area (Å²) in [5, 5.41) is 9.49. The zero-order valence-electron chi connectivity index (χ0n) is 12.1. The van der Waals surface area contributed by atoms with Crippen LogP contribution in [0.2, 0.25) is 0 Å². The summed E-state index contributed by atoms with van der Waals surface area (Å²) in [6.45, 7) is 2.13. The Kier molecular flexibility index (Phi) is 8.01. The molecule has 3 atom stereocenters. The first-order chi connectivity index (χ1) is 10.1. The molecule has 0 aliphatic carbocycles. The van der Waals surface area contributed by atoms with Gasteiger partial charge in [0.15, 0.2) is 0 Å². The van der Waals surface area contributed by atoms with E-state index in [4.69, 9.17) is 10.5 Å². The molecular formula is C12H20ClN3O4S2. The van der Waals surface area contributed by atoms with Crippen molar-refractivity contribution >= 4 is 34.0 Å². The van der Waals surface area contributed by atoms with Crippen molar-refractivity contribution in [3.63, 3.8) is 0 Å². The molecule has 1 fully saturated rings. The summed E-state index contributed by atoms with van der Waals surface area (Å²) in [6, 6.07) is 0. The highest BCUT2D eigenvalue weighted by Gasteiger charge is 2.36. The van der Waals surface area contributed by atoms with Gasteiger partial charge in [0.25, 0.3) is 5.56 Å². The van der Waals surface area contributed by atoms with Crippen molar-refractivity contribution in [3.05, 3.63) is 32.6 Å². The number of ether oxygens (including phenoxy) is 1. The number of aromatic amines is 1. The molecule has 0 unspecified atom stereocenters. The van der Waals surface area contributed by atoms with Gasteiger partial charge >= 0.3 is 5.69 Å². The van der Waals surface area contributed by atoms with E-state index in [0.29, 0.717) is 18.5 Å². The van der Waals surface area contributed by atoms with E-state index in [1.807, 2.05) is 0 Å². The number of rotatable bonds is 6. The van der Waals surface area contributed by atoms with Crippen LogP contribution in [0, 0.1) is 6.92 Å². The van der Waals surface area contributed by atoms with E-state index in [1.165, 1.54) is 10.8 Å². The zero-order valence-corrected chi connectivity index (χ0v) is 14.5. The molecule has 1 aromatic rings. The van der Waals surface area contributed by atoms with Crippen molar-refractivity contribution in [2.24, 2.45) is 5.73 Å². The van der Waals surface area contributed by atoms with Gasteiger partial charge in [0, 0.05) is 35.7 Å². The molecule has 1 aliphatic rings. The van der Waals surface area contributed by atoms with Crippen molar-refractivity contribution in [2.45, 2.75) is 30.9 Å². The van der Waals surface area contributed by atoms with Gasteiger partial charge in [-0.2, -0.15) is 0 Å². The van der Waals surface area contributed by atoms with Crippen LogP contribution in [0.5, 0.6) is 0 Å². The van der Waals surface area contributed by atoms with Crippen molar-refractivity contribution < 1.29 is 9.84 Å². The average molecular weight is 370 g/mol. The molecule has 22 heavy (non-hydrogen) atoms. The number of nitrogens with zero attached hydrogens (tertiary/aromatic N) is 1. The number of hydrogen-bond acceptors (Lipinski definition) is 7. The zero-order chi connectivity index (χ0) is 15.4. The maximum Gasteiger partial charge on any atom is 0.330 e. The monoisotopic (exact) mass is 369 g/mol. The van der Waals surface area contributed by atoms with Gasteiger partial charge < -0.3 is 15.6 Å². The van der Waals surface area contributed by atoms with E-state index < -0.39 is 17.5 Å². The Balaban J connectivity index is 0.00000242. The Labute approximate surface area is 141 Å². The standard InChI is InChI=1S/C12H19N3O4S2.ClH/c1-7-5-15(12(18)14-11(7)17)10-4-9(8(6-16)19-10)21-20-3-2-13;/h5,8-10,16H,2-4,6,13H2,1H3,(H,14,17,18);1H/t8-,9-,10-;/m1./s1. The van der Waals surface area contributed by atoms with E-state index in [2.05, 4.69) is 4.98 Å². The Morgan fingerprint density at radius 2 is 2.27 bits per heavy atom. The molecule has 1 saturated heterocycles. The fourth-order valence-corrected chi connectivity index (χ4v) is 4.71. The number of nitrogens with one attached hydrogen (secondary N) is 1. The van der Waals surface area contributed by atoms with Crippen molar-refractivity contribution in [1.29, 1.82) is 0 Å². The third-order valence-corrected chi connectivity index (χ3v) is 6.14. The SMILES string of the molecule is Cc1cn([C@H]2C[C@@H](SSCCN)[C@@H](CO)O2)c(=O)[nH]c1=O.Cl. The number of halogens is 1. The number of nitrogens with two attached hydrogens (primary N) is 1. The molecule has 2 rings (SSSR count). The van der Waals surface area contributed by atoms with Crippen LogP contribution in [-0.4, -0.2) is 44.9 Å². The minimum atomic E-state index is -0.493. The van der Waals surface area contributed by atoms with Crippen molar-refractivity contribution in [3.8, 4) is 0 Å². The molecule has 0 amide bonds. The molecule has 0 bridgehead atoms. The molecule has 7 nitrogen and oxygen atoms in total. The first kappa shape index (κ1) is 19.6. The van der Waals surface area contributed by atoms with Crippen LogP contribution in [0.15, 0.2) is 15.8 Å². The lowest BCUT2D eigenvalue weighted by Gasteiger charge is -2.15. The normalized spacial score (nSPS) is 24.2. The van der Waals surface area contributed by atoms with Crippen molar-refractivity contribution in [2.75, 3.05) is 18.9 Å². The number of aromatic nitrogens is 2. The lowest BCUT2D eigenvalue weighted by molar-refractivity contribution is -0.0238. The molecular weight excluding hydrogens is 350 g/mol. The Bertz CT molecular complexity index is 594. The highest BCUT2D eigenvalue weighted by Crippen LogP contribution is 2.40. The molecule has 1 aromatic heterocycles. The predicted molar refractivity (Wildman–Crippen MR) is 91.8 cm³/mol. The van der Waals surface area contributed by atoms with Gasteiger partial charge in [0.2, 0.25) is 0 Å². The summed E-state index contributed by atoms with van der Waals surface area (Å²) < 4.78 is 7.12. The Hall–Kier alpha value is -0.450. The fourth-order valence-electron chi connectivity index (χ4n) is 2.12. The van der Waals surface area contributed by atoms with E-state index in [0.717, 1.165) is 5.75 Å². The van der Waals surface area contributed by atoms with Crippen LogP contribution in [0.3, 0.4) is 0 Å².